The SMILES string of the molecule is CCOC(=O)[C@](O)(C/C=C/c1ccc(Cl)cc1)C(F)(F)F. The van der Waals surface area contributed by atoms with Gasteiger partial charge in [-0.25, -0.2) is 4.79 Å². The maximum atomic E-state index is 12.9. The molecule has 0 fully saturated rings. The average Bonchev–Trinajstić information content (AvgIpc) is 2.39. The number of halogens is 4. The van der Waals surface area contributed by atoms with E-state index < -0.39 is 24.2 Å². The minimum absolute atomic E-state index is 0.252. The van der Waals surface area contributed by atoms with Crippen molar-refractivity contribution in [2.24, 2.45) is 0 Å². The minimum atomic E-state index is -5.12. The summed E-state index contributed by atoms with van der Waals surface area (Å²) in [7, 11) is 0. The van der Waals surface area contributed by atoms with Gasteiger partial charge in [-0.2, -0.15) is 13.2 Å². The van der Waals surface area contributed by atoms with Gasteiger partial charge in [-0.15, -0.1) is 0 Å². The summed E-state index contributed by atoms with van der Waals surface area (Å²) in [6.07, 6.45) is -3.64. The van der Waals surface area contributed by atoms with Crippen LogP contribution in [-0.4, -0.2) is 29.5 Å². The zero-order valence-corrected chi connectivity index (χ0v) is 11.9. The summed E-state index contributed by atoms with van der Waals surface area (Å²) in [6.45, 7) is 1.11. The van der Waals surface area contributed by atoms with Gasteiger partial charge < -0.3 is 9.84 Å². The number of hydrogen-bond acceptors (Lipinski definition) is 3. The van der Waals surface area contributed by atoms with E-state index in [0.717, 1.165) is 6.08 Å². The van der Waals surface area contributed by atoms with Gasteiger partial charge in [-0.1, -0.05) is 35.9 Å². The standard InChI is InChI=1S/C14H14ClF3O3/c1-2-21-12(19)13(20,14(16,17)18)9-3-4-10-5-7-11(15)8-6-10/h3-8,20H,2,9H2,1H3/b4-3+/t13-/m1/s1. The number of benzene rings is 1. The van der Waals surface area contributed by atoms with E-state index in [9.17, 15) is 23.1 Å². The van der Waals surface area contributed by atoms with Crippen LogP contribution in [0.1, 0.15) is 18.9 Å². The van der Waals surface area contributed by atoms with Crippen molar-refractivity contribution in [1.29, 1.82) is 0 Å². The van der Waals surface area contributed by atoms with Gasteiger partial charge in [0.05, 0.1) is 6.61 Å². The van der Waals surface area contributed by atoms with Gasteiger partial charge in [0.25, 0.3) is 5.60 Å². The van der Waals surface area contributed by atoms with E-state index in [2.05, 4.69) is 4.74 Å². The summed E-state index contributed by atoms with van der Waals surface area (Å²) in [6, 6.07) is 6.33. The minimum Gasteiger partial charge on any atom is -0.464 e. The topological polar surface area (TPSA) is 46.5 Å². The van der Waals surface area contributed by atoms with E-state index in [1.54, 1.807) is 24.3 Å². The van der Waals surface area contributed by atoms with Gasteiger partial charge in [-0.05, 0) is 24.6 Å². The monoisotopic (exact) mass is 322 g/mol. The normalized spacial score (nSPS) is 15.0. The summed E-state index contributed by atoms with van der Waals surface area (Å²) < 4.78 is 42.9. The van der Waals surface area contributed by atoms with Gasteiger partial charge in [-0.3, -0.25) is 0 Å². The van der Waals surface area contributed by atoms with Crippen LogP contribution in [0.25, 0.3) is 6.08 Å². The van der Waals surface area contributed by atoms with Crippen LogP contribution in [0.15, 0.2) is 30.3 Å². The molecule has 0 heterocycles. The first kappa shape index (κ1) is 17.5. The van der Waals surface area contributed by atoms with E-state index >= 15 is 0 Å². The molecule has 3 nitrogen and oxygen atoms in total. The summed E-state index contributed by atoms with van der Waals surface area (Å²) >= 11 is 5.68. The lowest BCUT2D eigenvalue weighted by atomic mass is 9.98. The largest absolute Gasteiger partial charge is 0.464 e. The predicted octanol–water partition coefficient (Wildman–Crippen LogP) is 3.60. The number of carbonyl (C=O) groups is 1. The fourth-order valence-corrected chi connectivity index (χ4v) is 1.63. The summed E-state index contributed by atoms with van der Waals surface area (Å²) in [5.74, 6) is -1.71. The lowest BCUT2D eigenvalue weighted by Gasteiger charge is -2.26. The van der Waals surface area contributed by atoms with Crippen molar-refractivity contribution in [2.45, 2.75) is 25.1 Å². The van der Waals surface area contributed by atoms with E-state index in [1.165, 1.54) is 13.0 Å². The van der Waals surface area contributed by atoms with Crippen LogP contribution in [-0.2, 0) is 9.53 Å². The third kappa shape index (κ3) is 4.47. The number of esters is 1. The van der Waals surface area contributed by atoms with Gasteiger partial charge in [0.2, 0.25) is 0 Å². The highest BCUT2D eigenvalue weighted by Crippen LogP contribution is 2.34. The second kappa shape index (κ2) is 6.95. The highest BCUT2D eigenvalue weighted by Gasteiger charge is 2.59. The molecule has 1 atom stereocenters. The van der Waals surface area contributed by atoms with Crippen molar-refractivity contribution in [1.82, 2.24) is 0 Å². The molecule has 0 radical (unpaired) electrons. The summed E-state index contributed by atoms with van der Waals surface area (Å²) in [5.41, 5.74) is -2.96. The van der Waals surface area contributed by atoms with Gasteiger partial charge in [0.1, 0.15) is 0 Å². The fourth-order valence-electron chi connectivity index (χ4n) is 1.50. The van der Waals surface area contributed by atoms with E-state index in [4.69, 9.17) is 11.6 Å². The quantitative estimate of drug-likeness (QED) is 0.843. The maximum absolute atomic E-state index is 12.9. The fraction of sp³-hybridized carbons (Fsp3) is 0.357. The second-order valence-corrected chi connectivity index (χ2v) is 4.67. The van der Waals surface area contributed by atoms with Crippen LogP contribution < -0.4 is 0 Å². The first-order valence-electron chi connectivity index (χ1n) is 6.09. The highest BCUT2D eigenvalue weighted by molar-refractivity contribution is 6.30. The molecule has 116 valence electrons. The van der Waals surface area contributed by atoms with Crippen molar-refractivity contribution in [3.63, 3.8) is 0 Å². The number of rotatable bonds is 5. The molecule has 0 aliphatic carbocycles. The molecular weight excluding hydrogens is 309 g/mol. The van der Waals surface area contributed by atoms with Crippen molar-refractivity contribution >= 4 is 23.6 Å². The predicted molar refractivity (Wildman–Crippen MR) is 72.7 cm³/mol. The smallest absolute Gasteiger partial charge is 0.428 e. The molecule has 0 saturated heterocycles. The average molecular weight is 323 g/mol. The molecular formula is C14H14ClF3O3. The molecule has 0 aliphatic heterocycles. The molecule has 0 amide bonds. The second-order valence-electron chi connectivity index (χ2n) is 4.24. The molecule has 0 aliphatic rings. The maximum Gasteiger partial charge on any atom is 0.428 e. The molecule has 0 aromatic heterocycles. The van der Waals surface area contributed by atoms with E-state index in [0.29, 0.717) is 10.6 Å². The van der Waals surface area contributed by atoms with Crippen LogP contribution >= 0.6 is 11.6 Å². The molecule has 1 aromatic rings. The zero-order valence-electron chi connectivity index (χ0n) is 11.2. The lowest BCUT2D eigenvalue weighted by molar-refractivity contribution is -0.261. The Hall–Kier alpha value is -1.53. The van der Waals surface area contributed by atoms with Gasteiger partial charge in [0, 0.05) is 11.4 Å². The number of alkyl halides is 3. The van der Waals surface area contributed by atoms with E-state index in [-0.39, 0.29) is 6.61 Å². The van der Waals surface area contributed by atoms with Crippen LogP contribution in [0.4, 0.5) is 13.2 Å². The summed E-state index contributed by atoms with van der Waals surface area (Å²) in [5, 5.41) is 10.1. The van der Waals surface area contributed by atoms with Crippen LogP contribution in [0.3, 0.4) is 0 Å². The summed E-state index contributed by atoms with van der Waals surface area (Å²) in [4.78, 5) is 11.4. The van der Waals surface area contributed by atoms with Crippen molar-refractivity contribution in [3.05, 3.63) is 40.9 Å². The Morgan fingerprint density at radius 2 is 1.90 bits per heavy atom. The van der Waals surface area contributed by atoms with Crippen LogP contribution in [0.5, 0.6) is 0 Å². The Kier molecular flexibility index (Phi) is 5.80. The Morgan fingerprint density at radius 1 is 1.33 bits per heavy atom. The molecule has 0 bridgehead atoms. The number of aliphatic hydroxyl groups is 1. The first-order chi connectivity index (χ1) is 9.70. The Morgan fingerprint density at radius 3 is 2.38 bits per heavy atom. The first-order valence-corrected chi connectivity index (χ1v) is 6.47. The molecule has 0 spiro atoms. The van der Waals surface area contributed by atoms with Crippen molar-refractivity contribution in [2.75, 3.05) is 6.61 Å². The molecule has 0 saturated carbocycles. The Bertz CT molecular complexity index is 511. The number of ether oxygens (including phenoxy) is 1. The van der Waals surface area contributed by atoms with Gasteiger partial charge in [0.15, 0.2) is 0 Å². The van der Waals surface area contributed by atoms with Gasteiger partial charge >= 0.3 is 12.1 Å². The third-order valence-electron chi connectivity index (χ3n) is 2.68. The number of carbonyl (C=O) groups excluding carboxylic acids is 1. The lowest BCUT2D eigenvalue weighted by Crippen LogP contribution is -2.52. The Labute approximate surface area is 125 Å². The molecule has 21 heavy (non-hydrogen) atoms. The molecule has 1 aromatic carbocycles. The van der Waals surface area contributed by atoms with E-state index in [1.807, 2.05) is 0 Å². The van der Waals surface area contributed by atoms with Crippen molar-refractivity contribution in [3.8, 4) is 0 Å². The van der Waals surface area contributed by atoms with Crippen LogP contribution in [0, 0.1) is 0 Å². The molecule has 1 N–H and O–H groups in total. The van der Waals surface area contributed by atoms with Crippen LogP contribution in [0.2, 0.25) is 5.02 Å². The Balaban J connectivity index is 2.88. The third-order valence-corrected chi connectivity index (χ3v) is 2.93. The molecule has 7 heteroatoms. The highest BCUT2D eigenvalue weighted by atomic mass is 35.5. The number of hydrogen-bond donors (Lipinski definition) is 1. The van der Waals surface area contributed by atoms with Crippen molar-refractivity contribution < 1.29 is 27.8 Å². The zero-order chi connectivity index (χ0) is 16.1. The molecule has 0 unspecified atom stereocenters. The molecule has 1 rings (SSSR count).